The number of rotatable bonds is 3. The largest absolute Gasteiger partial charge is 0.446 e. The van der Waals surface area contributed by atoms with Crippen molar-refractivity contribution in [1.29, 1.82) is 0 Å². The molecule has 0 radical (unpaired) electrons. The molecule has 6 heteroatoms. The number of anilines is 1. The second-order valence-electron chi connectivity index (χ2n) is 4.49. The van der Waals surface area contributed by atoms with Gasteiger partial charge in [0.05, 0.1) is 0 Å². The van der Waals surface area contributed by atoms with E-state index in [1.54, 1.807) is 12.1 Å². The van der Waals surface area contributed by atoms with Crippen LogP contribution in [-0.2, 0) is 0 Å². The summed E-state index contributed by atoms with van der Waals surface area (Å²) in [4.78, 5) is 0.205. The fourth-order valence-electron chi connectivity index (χ4n) is 2.14. The Morgan fingerprint density at radius 2 is 1.83 bits per heavy atom. The van der Waals surface area contributed by atoms with Gasteiger partial charge >= 0.3 is 5.51 Å². The first-order chi connectivity index (χ1) is 8.42. The Labute approximate surface area is 108 Å². The van der Waals surface area contributed by atoms with Crippen LogP contribution < -0.4 is 11.1 Å². The van der Waals surface area contributed by atoms with Crippen LogP contribution in [0.3, 0.4) is 0 Å². The predicted octanol–water partition coefficient (Wildman–Crippen LogP) is 3.59. The molecule has 0 saturated heterocycles. The molecule has 1 aliphatic carbocycles. The number of hydrogen-bond acceptors (Lipinski definition) is 3. The van der Waals surface area contributed by atoms with E-state index in [4.69, 9.17) is 5.73 Å². The van der Waals surface area contributed by atoms with Gasteiger partial charge in [0, 0.05) is 22.7 Å². The molecule has 1 saturated carbocycles. The van der Waals surface area contributed by atoms with Gasteiger partial charge in [-0.25, -0.2) is 0 Å². The third-order valence-electron chi connectivity index (χ3n) is 2.93. The van der Waals surface area contributed by atoms with Crippen LogP contribution in [0, 0.1) is 0 Å². The van der Waals surface area contributed by atoms with E-state index in [0.29, 0.717) is 6.04 Å². The van der Waals surface area contributed by atoms with Crippen LogP contribution in [0.1, 0.15) is 19.3 Å². The van der Waals surface area contributed by atoms with Gasteiger partial charge in [-0.2, -0.15) is 13.2 Å². The summed E-state index contributed by atoms with van der Waals surface area (Å²) in [6, 6.07) is 6.89. The average Bonchev–Trinajstić information content (AvgIpc) is 2.65. The van der Waals surface area contributed by atoms with Gasteiger partial charge in [-0.15, -0.1) is 0 Å². The van der Waals surface area contributed by atoms with Crippen molar-refractivity contribution in [3.05, 3.63) is 24.3 Å². The number of halogens is 3. The molecule has 100 valence electrons. The number of nitrogens with one attached hydrogen (secondary N) is 1. The van der Waals surface area contributed by atoms with E-state index in [9.17, 15) is 13.2 Å². The fraction of sp³-hybridized carbons (Fsp3) is 0.500. The maximum absolute atomic E-state index is 12.1. The molecular weight excluding hydrogens is 261 g/mol. The molecule has 2 rings (SSSR count). The predicted molar refractivity (Wildman–Crippen MR) is 67.6 cm³/mol. The molecule has 2 atom stereocenters. The minimum atomic E-state index is -4.23. The van der Waals surface area contributed by atoms with Crippen LogP contribution in [-0.4, -0.2) is 17.6 Å². The number of hydrogen-bond donors (Lipinski definition) is 2. The van der Waals surface area contributed by atoms with Crippen LogP contribution in [0.15, 0.2) is 29.2 Å². The van der Waals surface area contributed by atoms with E-state index >= 15 is 0 Å². The molecule has 1 aromatic carbocycles. The average molecular weight is 276 g/mol. The highest BCUT2D eigenvalue weighted by molar-refractivity contribution is 8.00. The Kier molecular flexibility index (Phi) is 4.07. The standard InChI is InChI=1S/C12H15F3N2S/c13-12(14,15)18-11-5-3-9(4-6-11)17-10-2-1-8(16)7-10/h3-6,8,10,17H,1-2,7,16H2. The van der Waals surface area contributed by atoms with E-state index < -0.39 is 5.51 Å². The maximum atomic E-state index is 12.1. The lowest BCUT2D eigenvalue weighted by Gasteiger charge is -2.14. The highest BCUT2D eigenvalue weighted by atomic mass is 32.2. The van der Waals surface area contributed by atoms with Crippen LogP contribution in [0.5, 0.6) is 0 Å². The molecule has 0 spiro atoms. The van der Waals surface area contributed by atoms with E-state index in [-0.39, 0.29) is 22.7 Å². The van der Waals surface area contributed by atoms with Crippen molar-refractivity contribution in [1.82, 2.24) is 0 Å². The first-order valence-electron chi connectivity index (χ1n) is 5.80. The van der Waals surface area contributed by atoms with Gasteiger partial charge in [-0.1, -0.05) is 0 Å². The van der Waals surface area contributed by atoms with Gasteiger partial charge in [0.1, 0.15) is 0 Å². The van der Waals surface area contributed by atoms with Crippen molar-refractivity contribution in [2.75, 3.05) is 5.32 Å². The third-order valence-corrected chi connectivity index (χ3v) is 3.67. The van der Waals surface area contributed by atoms with Crippen molar-refractivity contribution < 1.29 is 13.2 Å². The molecule has 0 bridgehead atoms. The molecule has 0 aliphatic heterocycles. The minimum absolute atomic E-state index is 0.0952. The lowest BCUT2D eigenvalue weighted by Crippen LogP contribution is -2.20. The van der Waals surface area contributed by atoms with Gasteiger partial charge in [-0.05, 0) is 55.3 Å². The summed E-state index contributed by atoms with van der Waals surface area (Å²) >= 11 is -0.0952. The highest BCUT2D eigenvalue weighted by Gasteiger charge is 2.29. The van der Waals surface area contributed by atoms with Crippen molar-refractivity contribution in [3.8, 4) is 0 Å². The lowest BCUT2D eigenvalue weighted by atomic mass is 10.2. The fourth-order valence-corrected chi connectivity index (χ4v) is 2.68. The number of alkyl halides is 3. The van der Waals surface area contributed by atoms with Gasteiger partial charge in [-0.3, -0.25) is 0 Å². The van der Waals surface area contributed by atoms with E-state index in [1.165, 1.54) is 12.1 Å². The summed E-state index contributed by atoms with van der Waals surface area (Å²) < 4.78 is 36.4. The van der Waals surface area contributed by atoms with Crippen molar-refractivity contribution >= 4 is 17.4 Å². The first kappa shape index (κ1) is 13.5. The Bertz CT molecular complexity index is 391. The van der Waals surface area contributed by atoms with Crippen molar-refractivity contribution in [2.24, 2.45) is 5.73 Å². The zero-order chi connectivity index (χ0) is 13.2. The first-order valence-corrected chi connectivity index (χ1v) is 6.62. The molecular formula is C12H15F3N2S. The minimum Gasteiger partial charge on any atom is -0.382 e. The Morgan fingerprint density at radius 3 is 2.33 bits per heavy atom. The van der Waals surface area contributed by atoms with Crippen LogP contribution >= 0.6 is 11.8 Å². The number of thioether (sulfide) groups is 1. The van der Waals surface area contributed by atoms with E-state index in [1.807, 2.05) is 0 Å². The van der Waals surface area contributed by atoms with E-state index in [0.717, 1.165) is 24.9 Å². The molecule has 3 N–H and O–H groups in total. The summed E-state index contributed by atoms with van der Waals surface area (Å²) in [6.45, 7) is 0. The van der Waals surface area contributed by atoms with Gasteiger partial charge in [0.2, 0.25) is 0 Å². The highest BCUT2D eigenvalue weighted by Crippen LogP contribution is 2.37. The van der Waals surface area contributed by atoms with Crippen LogP contribution in [0.4, 0.5) is 18.9 Å². The lowest BCUT2D eigenvalue weighted by molar-refractivity contribution is -0.0328. The summed E-state index contributed by atoms with van der Waals surface area (Å²) in [5.41, 5.74) is 2.42. The Morgan fingerprint density at radius 1 is 1.17 bits per heavy atom. The second-order valence-corrected chi connectivity index (χ2v) is 5.63. The molecule has 0 aromatic heterocycles. The van der Waals surface area contributed by atoms with E-state index in [2.05, 4.69) is 5.32 Å². The van der Waals surface area contributed by atoms with Crippen LogP contribution in [0.2, 0.25) is 0 Å². The van der Waals surface area contributed by atoms with Crippen molar-refractivity contribution in [3.63, 3.8) is 0 Å². The van der Waals surface area contributed by atoms with Gasteiger partial charge in [0.25, 0.3) is 0 Å². The molecule has 2 unspecified atom stereocenters. The SMILES string of the molecule is NC1CCC(Nc2ccc(SC(F)(F)F)cc2)C1. The van der Waals surface area contributed by atoms with Gasteiger partial charge in [0.15, 0.2) is 0 Å². The Hall–Kier alpha value is -0.880. The molecule has 1 aliphatic rings. The topological polar surface area (TPSA) is 38.0 Å². The molecule has 1 fully saturated rings. The quantitative estimate of drug-likeness (QED) is 0.829. The second kappa shape index (κ2) is 5.40. The molecule has 0 heterocycles. The summed E-state index contributed by atoms with van der Waals surface area (Å²) in [7, 11) is 0. The zero-order valence-corrected chi connectivity index (χ0v) is 10.5. The summed E-state index contributed by atoms with van der Waals surface area (Å²) in [5.74, 6) is 0. The smallest absolute Gasteiger partial charge is 0.382 e. The Balaban J connectivity index is 1.91. The normalized spacial score (nSPS) is 24.2. The molecule has 2 nitrogen and oxygen atoms in total. The molecule has 18 heavy (non-hydrogen) atoms. The summed E-state index contributed by atoms with van der Waals surface area (Å²) in [5, 5.41) is 3.29. The third kappa shape index (κ3) is 4.10. The zero-order valence-electron chi connectivity index (χ0n) is 9.70. The molecule has 0 amide bonds. The van der Waals surface area contributed by atoms with Crippen LogP contribution in [0.25, 0.3) is 0 Å². The van der Waals surface area contributed by atoms with Crippen molar-refractivity contribution in [2.45, 2.75) is 41.7 Å². The monoisotopic (exact) mass is 276 g/mol. The maximum Gasteiger partial charge on any atom is 0.446 e. The number of benzene rings is 1. The molecule has 1 aromatic rings. The number of nitrogens with two attached hydrogens (primary N) is 1. The summed E-state index contributed by atoms with van der Waals surface area (Å²) in [6.07, 6.45) is 2.93. The van der Waals surface area contributed by atoms with Gasteiger partial charge < -0.3 is 11.1 Å².